The average molecular weight is 248 g/mol. The smallest absolute Gasteiger partial charge is 0.156 e. The molecule has 2 atom stereocenters. The van der Waals surface area contributed by atoms with Crippen LogP contribution in [0.4, 0.5) is 0 Å². The van der Waals surface area contributed by atoms with Crippen LogP contribution in [0.3, 0.4) is 0 Å². The van der Waals surface area contributed by atoms with Crippen LogP contribution < -0.4 is 5.32 Å². The topological polar surface area (TPSA) is 41.5 Å². The zero-order valence-electron chi connectivity index (χ0n) is 9.66. The molecule has 88 valence electrons. The molecule has 0 spiro atoms. The molecule has 1 aliphatic heterocycles. The van der Waals surface area contributed by atoms with E-state index in [9.17, 15) is 4.21 Å². The maximum atomic E-state index is 10.8. The van der Waals surface area contributed by atoms with Gasteiger partial charge < -0.3 is 5.32 Å². The van der Waals surface area contributed by atoms with E-state index in [4.69, 9.17) is 0 Å². The molecule has 1 N–H and O–H groups in total. The summed E-state index contributed by atoms with van der Waals surface area (Å²) < 4.78 is 10.8. The van der Waals surface area contributed by atoms with E-state index in [0.717, 1.165) is 16.8 Å². The van der Waals surface area contributed by atoms with Gasteiger partial charge in [-0.15, -0.1) is 0 Å². The monoisotopic (exact) mass is 248 g/mol. The molecule has 0 amide bonds. The van der Waals surface area contributed by atoms with Gasteiger partial charge in [-0.2, -0.15) is 0 Å². The van der Waals surface area contributed by atoms with Crippen molar-refractivity contribution in [1.82, 2.24) is 5.32 Å². The van der Waals surface area contributed by atoms with Crippen LogP contribution in [0.1, 0.15) is 20.3 Å². The molecule has 5 heteroatoms. The van der Waals surface area contributed by atoms with Gasteiger partial charge in [0, 0.05) is 34.6 Å². The van der Waals surface area contributed by atoms with Crippen molar-refractivity contribution in [3.63, 3.8) is 0 Å². The van der Waals surface area contributed by atoms with Gasteiger partial charge in [0.05, 0.1) is 6.54 Å². The summed E-state index contributed by atoms with van der Waals surface area (Å²) in [4.78, 5) is 4.40. The first-order valence-corrected chi connectivity index (χ1v) is 8.03. The average Bonchev–Trinajstić information content (AvgIpc) is 2.50. The SMILES string of the molecule is CC(C)CC1CSC(=NCCS(C)=O)N1. The highest BCUT2D eigenvalue weighted by molar-refractivity contribution is 8.14. The van der Waals surface area contributed by atoms with Gasteiger partial charge in [0.2, 0.25) is 0 Å². The Morgan fingerprint density at radius 3 is 3.00 bits per heavy atom. The molecule has 1 heterocycles. The zero-order chi connectivity index (χ0) is 11.3. The number of amidine groups is 1. The molecule has 0 radical (unpaired) electrons. The van der Waals surface area contributed by atoms with Gasteiger partial charge >= 0.3 is 0 Å². The van der Waals surface area contributed by atoms with Crippen LogP contribution in [0.15, 0.2) is 4.99 Å². The minimum Gasteiger partial charge on any atom is -0.361 e. The highest BCUT2D eigenvalue weighted by Crippen LogP contribution is 2.18. The maximum absolute atomic E-state index is 10.8. The van der Waals surface area contributed by atoms with Gasteiger partial charge in [-0.05, 0) is 12.3 Å². The molecular formula is C10H20N2OS2. The van der Waals surface area contributed by atoms with Gasteiger partial charge in [0.15, 0.2) is 5.17 Å². The van der Waals surface area contributed by atoms with Crippen LogP contribution in [0, 0.1) is 5.92 Å². The van der Waals surface area contributed by atoms with Crippen LogP contribution in [0.5, 0.6) is 0 Å². The minimum absolute atomic E-state index is 0.570. The van der Waals surface area contributed by atoms with Crippen molar-refractivity contribution >= 4 is 27.7 Å². The van der Waals surface area contributed by atoms with Crippen LogP contribution in [0.25, 0.3) is 0 Å². The molecule has 1 rings (SSSR count). The second-order valence-electron chi connectivity index (χ2n) is 4.25. The fraction of sp³-hybridized carbons (Fsp3) is 0.900. The Hall–Kier alpha value is -0.0300. The highest BCUT2D eigenvalue weighted by Gasteiger charge is 2.20. The number of hydrogen-bond acceptors (Lipinski definition) is 3. The first kappa shape index (κ1) is 13.0. The van der Waals surface area contributed by atoms with Gasteiger partial charge in [-0.3, -0.25) is 9.20 Å². The fourth-order valence-corrected chi connectivity index (χ4v) is 2.86. The third-order valence-corrected chi connectivity index (χ3v) is 3.99. The van der Waals surface area contributed by atoms with E-state index in [0.29, 0.717) is 18.3 Å². The van der Waals surface area contributed by atoms with Crippen molar-refractivity contribution in [1.29, 1.82) is 0 Å². The Balaban J connectivity index is 2.26. The second-order valence-corrected chi connectivity index (χ2v) is 6.81. The van der Waals surface area contributed by atoms with Crippen molar-refractivity contribution in [2.24, 2.45) is 10.9 Å². The third-order valence-electron chi connectivity index (χ3n) is 2.14. The lowest BCUT2D eigenvalue weighted by atomic mass is 10.1. The predicted octanol–water partition coefficient (Wildman–Crippen LogP) is 1.47. The Labute approximate surface area is 99.0 Å². The number of nitrogens with zero attached hydrogens (tertiary/aromatic N) is 1. The van der Waals surface area contributed by atoms with Gasteiger partial charge in [0.1, 0.15) is 0 Å². The Kier molecular flexibility index (Phi) is 5.68. The molecule has 15 heavy (non-hydrogen) atoms. The molecule has 0 bridgehead atoms. The summed E-state index contributed by atoms with van der Waals surface area (Å²) in [7, 11) is -0.728. The Morgan fingerprint density at radius 2 is 2.40 bits per heavy atom. The number of rotatable bonds is 5. The molecule has 0 aromatic heterocycles. The molecule has 2 unspecified atom stereocenters. The van der Waals surface area contributed by atoms with Crippen LogP contribution >= 0.6 is 11.8 Å². The maximum Gasteiger partial charge on any atom is 0.156 e. The van der Waals surface area contributed by atoms with Gasteiger partial charge in [-0.1, -0.05) is 25.6 Å². The number of aliphatic imine (C=N–C) groups is 1. The summed E-state index contributed by atoms with van der Waals surface area (Å²) in [5, 5.41) is 4.44. The van der Waals surface area contributed by atoms with Crippen molar-refractivity contribution in [2.75, 3.05) is 24.3 Å². The predicted molar refractivity (Wildman–Crippen MR) is 70.1 cm³/mol. The largest absolute Gasteiger partial charge is 0.361 e. The summed E-state index contributed by atoms with van der Waals surface area (Å²) in [6, 6.07) is 0.570. The summed E-state index contributed by atoms with van der Waals surface area (Å²) in [6.07, 6.45) is 2.92. The van der Waals surface area contributed by atoms with E-state index in [-0.39, 0.29) is 0 Å². The van der Waals surface area contributed by atoms with Crippen molar-refractivity contribution in [2.45, 2.75) is 26.3 Å². The molecule has 0 aromatic rings. The van der Waals surface area contributed by atoms with E-state index < -0.39 is 10.8 Å². The standard InChI is InChI=1S/C10H20N2OS2/c1-8(2)6-9-7-14-10(12-9)11-4-5-15(3)13/h8-9H,4-7H2,1-3H3,(H,11,12). The lowest BCUT2D eigenvalue weighted by Gasteiger charge is -2.11. The molecular weight excluding hydrogens is 228 g/mol. The van der Waals surface area contributed by atoms with Crippen molar-refractivity contribution < 1.29 is 4.21 Å². The molecule has 1 aliphatic rings. The number of thioether (sulfide) groups is 1. The molecule has 1 saturated heterocycles. The number of nitrogens with one attached hydrogen (secondary N) is 1. The third kappa shape index (κ3) is 5.56. The van der Waals surface area contributed by atoms with Crippen LogP contribution in [0.2, 0.25) is 0 Å². The Morgan fingerprint density at radius 1 is 1.67 bits per heavy atom. The van der Waals surface area contributed by atoms with Crippen LogP contribution in [-0.2, 0) is 10.8 Å². The summed E-state index contributed by atoms with van der Waals surface area (Å²) >= 11 is 1.78. The van der Waals surface area contributed by atoms with Crippen LogP contribution in [-0.4, -0.2) is 39.7 Å². The fourth-order valence-electron chi connectivity index (χ4n) is 1.50. The quantitative estimate of drug-likeness (QED) is 0.801. The first-order valence-electron chi connectivity index (χ1n) is 5.31. The molecule has 0 saturated carbocycles. The van der Waals surface area contributed by atoms with Crippen molar-refractivity contribution in [3.8, 4) is 0 Å². The zero-order valence-corrected chi connectivity index (χ0v) is 11.3. The van der Waals surface area contributed by atoms with E-state index in [1.165, 1.54) is 6.42 Å². The Bertz CT molecular complexity index is 254. The first-order chi connectivity index (χ1) is 7.08. The van der Waals surface area contributed by atoms with Gasteiger partial charge in [0.25, 0.3) is 0 Å². The van der Waals surface area contributed by atoms with Gasteiger partial charge in [-0.25, -0.2) is 0 Å². The van der Waals surface area contributed by atoms with E-state index in [1.807, 2.05) is 0 Å². The molecule has 0 aliphatic carbocycles. The number of hydrogen-bond donors (Lipinski definition) is 1. The summed E-state index contributed by atoms with van der Waals surface area (Å²) in [6.45, 7) is 5.15. The van der Waals surface area contributed by atoms with E-state index >= 15 is 0 Å². The highest BCUT2D eigenvalue weighted by atomic mass is 32.2. The molecule has 0 aromatic carbocycles. The minimum atomic E-state index is -0.728. The van der Waals surface area contributed by atoms with E-state index in [1.54, 1.807) is 18.0 Å². The molecule has 1 fully saturated rings. The second kappa shape index (κ2) is 6.53. The molecule has 3 nitrogen and oxygen atoms in total. The summed E-state index contributed by atoms with van der Waals surface area (Å²) in [5.41, 5.74) is 0. The van der Waals surface area contributed by atoms with Crippen molar-refractivity contribution in [3.05, 3.63) is 0 Å². The normalized spacial score (nSPS) is 25.9. The lowest BCUT2D eigenvalue weighted by Crippen LogP contribution is -2.28. The van der Waals surface area contributed by atoms with E-state index in [2.05, 4.69) is 24.2 Å². The lowest BCUT2D eigenvalue weighted by molar-refractivity contribution is 0.502. The summed E-state index contributed by atoms with van der Waals surface area (Å²) in [5.74, 6) is 2.51.